The first kappa shape index (κ1) is 16.7. The lowest BCUT2D eigenvalue weighted by Crippen LogP contribution is -2.30. The van der Waals surface area contributed by atoms with Gasteiger partial charge in [-0.25, -0.2) is 0 Å². The number of fused-ring (bicyclic) bond motifs is 1. The summed E-state index contributed by atoms with van der Waals surface area (Å²) in [5.74, 6) is -0.176. The second kappa shape index (κ2) is 6.40. The van der Waals surface area contributed by atoms with E-state index in [0.717, 1.165) is 33.3 Å². The van der Waals surface area contributed by atoms with Crippen LogP contribution in [0.1, 0.15) is 34.0 Å². The first-order chi connectivity index (χ1) is 11.4. The Morgan fingerprint density at radius 3 is 2.62 bits per heavy atom. The van der Waals surface area contributed by atoms with Gasteiger partial charge < -0.3 is 10.2 Å². The largest absolute Gasteiger partial charge is 0.324 e. The summed E-state index contributed by atoms with van der Waals surface area (Å²) in [5, 5.41) is 2.85. The molecule has 1 N–H and O–H groups in total. The quantitative estimate of drug-likeness (QED) is 0.839. The van der Waals surface area contributed by atoms with E-state index in [4.69, 9.17) is 0 Å². The van der Waals surface area contributed by atoms with Gasteiger partial charge >= 0.3 is 0 Å². The van der Waals surface area contributed by atoms with Gasteiger partial charge in [0.1, 0.15) is 0 Å². The summed E-state index contributed by atoms with van der Waals surface area (Å²) in [7, 11) is 0. The smallest absolute Gasteiger partial charge is 0.258 e. The van der Waals surface area contributed by atoms with Gasteiger partial charge in [-0.3, -0.25) is 9.59 Å². The number of nitrogens with one attached hydrogen (secondary N) is 1. The van der Waals surface area contributed by atoms with Gasteiger partial charge in [0.25, 0.3) is 5.91 Å². The number of rotatable bonds is 2. The summed E-state index contributed by atoms with van der Waals surface area (Å²) in [5.41, 5.74) is 5.26. The van der Waals surface area contributed by atoms with Crippen LogP contribution < -0.4 is 10.2 Å². The van der Waals surface area contributed by atoms with Crippen LogP contribution in [0, 0.1) is 13.8 Å². The molecule has 2 aromatic carbocycles. The minimum atomic E-state index is -0.152. The molecule has 2 aromatic rings. The molecule has 0 unspecified atom stereocenters. The maximum absolute atomic E-state index is 13.1. The zero-order chi connectivity index (χ0) is 17.4. The van der Waals surface area contributed by atoms with Crippen LogP contribution >= 0.6 is 15.9 Å². The first-order valence-corrected chi connectivity index (χ1v) is 8.65. The fourth-order valence-electron chi connectivity index (χ4n) is 3.11. The molecule has 0 aliphatic carbocycles. The van der Waals surface area contributed by atoms with Crippen molar-refractivity contribution in [1.29, 1.82) is 0 Å². The molecule has 0 aromatic heterocycles. The van der Waals surface area contributed by atoms with E-state index in [1.165, 1.54) is 6.92 Å². The van der Waals surface area contributed by atoms with Crippen LogP contribution in [-0.2, 0) is 11.2 Å². The minimum Gasteiger partial charge on any atom is -0.324 e. The lowest BCUT2D eigenvalue weighted by Gasteiger charge is -2.22. The van der Waals surface area contributed by atoms with Gasteiger partial charge in [-0.2, -0.15) is 0 Å². The van der Waals surface area contributed by atoms with Crippen molar-refractivity contribution < 1.29 is 9.59 Å². The van der Waals surface area contributed by atoms with E-state index >= 15 is 0 Å². The van der Waals surface area contributed by atoms with Crippen LogP contribution in [0.15, 0.2) is 34.8 Å². The van der Waals surface area contributed by atoms with Crippen molar-refractivity contribution in [2.75, 3.05) is 16.8 Å². The van der Waals surface area contributed by atoms with Crippen LogP contribution in [0.5, 0.6) is 0 Å². The number of benzene rings is 2. The van der Waals surface area contributed by atoms with Crippen molar-refractivity contribution in [3.8, 4) is 0 Å². The summed E-state index contributed by atoms with van der Waals surface area (Å²) in [6.07, 6.45) is 0.776. The van der Waals surface area contributed by atoms with Gasteiger partial charge in [0.05, 0.1) is 11.4 Å². The molecule has 2 amide bonds. The maximum Gasteiger partial charge on any atom is 0.258 e. The highest BCUT2D eigenvalue weighted by molar-refractivity contribution is 9.10. The highest BCUT2D eigenvalue weighted by Crippen LogP contribution is 2.39. The van der Waals surface area contributed by atoms with Crippen LogP contribution in [0.3, 0.4) is 0 Å². The number of aryl methyl sites for hydroxylation is 2. The molecule has 3 rings (SSSR count). The predicted octanol–water partition coefficient (Wildman–Crippen LogP) is 4.23. The summed E-state index contributed by atoms with van der Waals surface area (Å²) >= 11 is 3.47. The molecule has 0 bridgehead atoms. The summed E-state index contributed by atoms with van der Waals surface area (Å²) in [6.45, 7) is 6.01. The molecule has 0 saturated carbocycles. The van der Waals surface area contributed by atoms with Gasteiger partial charge in [0, 0.05) is 23.5 Å². The van der Waals surface area contributed by atoms with Gasteiger partial charge in [0.15, 0.2) is 0 Å². The average Bonchev–Trinajstić information content (AvgIpc) is 2.92. The zero-order valence-corrected chi connectivity index (χ0v) is 15.5. The molecule has 1 aliphatic rings. The fourth-order valence-corrected chi connectivity index (χ4v) is 3.61. The molecule has 0 saturated heterocycles. The third-order valence-corrected chi connectivity index (χ3v) is 4.67. The highest BCUT2D eigenvalue weighted by Gasteiger charge is 2.29. The van der Waals surface area contributed by atoms with Crippen LogP contribution in [0.2, 0.25) is 0 Å². The van der Waals surface area contributed by atoms with Crippen molar-refractivity contribution >= 4 is 39.1 Å². The van der Waals surface area contributed by atoms with E-state index in [2.05, 4.69) is 21.2 Å². The summed E-state index contributed by atoms with van der Waals surface area (Å²) in [4.78, 5) is 26.4. The molecular formula is C19H19BrN2O2. The lowest BCUT2D eigenvalue weighted by atomic mass is 10.0. The molecule has 24 heavy (non-hydrogen) atoms. The van der Waals surface area contributed by atoms with Crippen molar-refractivity contribution in [3.63, 3.8) is 0 Å². The Balaban J connectivity index is 2.06. The Morgan fingerprint density at radius 2 is 1.92 bits per heavy atom. The number of amides is 2. The van der Waals surface area contributed by atoms with Crippen LogP contribution in [0.25, 0.3) is 0 Å². The standard InChI is InChI=1S/C19H19BrN2O2/c1-11-4-5-12(2)16(8-11)19(24)22-7-6-14-9-15(20)10-17(18(14)22)21-13(3)23/h4-5,8-10H,6-7H2,1-3H3,(H,21,23). The number of halogens is 1. The topological polar surface area (TPSA) is 49.4 Å². The Kier molecular flexibility index (Phi) is 4.45. The van der Waals surface area contributed by atoms with Crippen molar-refractivity contribution in [2.45, 2.75) is 27.2 Å². The third kappa shape index (κ3) is 3.08. The fraction of sp³-hybridized carbons (Fsp3) is 0.263. The SMILES string of the molecule is CC(=O)Nc1cc(Br)cc2c1N(C(=O)c1cc(C)ccc1C)CC2. The normalized spacial score (nSPS) is 12.9. The Labute approximate surface area is 150 Å². The summed E-state index contributed by atoms with van der Waals surface area (Å²) in [6, 6.07) is 9.75. The number of hydrogen-bond donors (Lipinski definition) is 1. The van der Waals surface area contributed by atoms with E-state index in [1.54, 1.807) is 4.90 Å². The average molecular weight is 387 g/mol. The second-order valence-electron chi connectivity index (χ2n) is 6.17. The molecule has 0 fully saturated rings. The van der Waals surface area contributed by atoms with Crippen LogP contribution in [-0.4, -0.2) is 18.4 Å². The van der Waals surface area contributed by atoms with E-state index in [-0.39, 0.29) is 11.8 Å². The maximum atomic E-state index is 13.1. The first-order valence-electron chi connectivity index (χ1n) is 7.86. The Hall–Kier alpha value is -2.14. The number of carbonyl (C=O) groups excluding carboxylic acids is 2. The number of nitrogens with zero attached hydrogens (tertiary/aromatic N) is 1. The Morgan fingerprint density at radius 1 is 1.17 bits per heavy atom. The van der Waals surface area contributed by atoms with Crippen molar-refractivity contribution in [3.05, 3.63) is 57.1 Å². The van der Waals surface area contributed by atoms with E-state index in [9.17, 15) is 9.59 Å². The van der Waals surface area contributed by atoms with Gasteiger partial charge in [-0.05, 0) is 49.6 Å². The second-order valence-corrected chi connectivity index (χ2v) is 7.08. The minimum absolute atomic E-state index is 0.0242. The van der Waals surface area contributed by atoms with E-state index < -0.39 is 0 Å². The number of carbonyl (C=O) groups is 2. The van der Waals surface area contributed by atoms with Gasteiger partial charge in [-0.1, -0.05) is 33.6 Å². The highest BCUT2D eigenvalue weighted by atomic mass is 79.9. The lowest BCUT2D eigenvalue weighted by molar-refractivity contribution is -0.114. The molecule has 0 radical (unpaired) electrons. The molecule has 0 atom stereocenters. The third-order valence-electron chi connectivity index (χ3n) is 4.21. The monoisotopic (exact) mass is 386 g/mol. The molecule has 124 valence electrons. The number of hydrogen-bond acceptors (Lipinski definition) is 2. The molecule has 5 heteroatoms. The van der Waals surface area contributed by atoms with E-state index in [1.807, 2.05) is 44.2 Å². The molecule has 1 aliphatic heterocycles. The predicted molar refractivity (Wildman–Crippen MR) is 99.7 cm³/mol. The van der Waals surface area contributed by atoms with Crippen molar-refractivity contribution in [1.82, 2.24) is 0 Å². The molecule has 0 spiro atoms. The zero-order valence-electron chi connectivity index (χ0n) is 13.9. The number of anilines is 2. The van der Waals surface area contributed by atoms with E-state index in [0.29, 0.717) is 17.8 Å². The summed E-state index contributed by atoms with van der Waals surface area (Å²) < 4.78 is 0.894. The molecule has 1 heterocycles. The van der Waals surface area contributed by atoms with Crippen molar-refractivity contribution in [2.24, 2.45) is 0 Å². The Bertz CT molecular complexity index is 846. The van der Waals surface area contributed by atoms with Gasteiger partial charge in [0.2, 0.25) is 5.91 Å². The van der Waals surface area contributed by atoms with Gasteiger partial charge in [-0.15, -0.1) is 0 Å². The molecule has 4 nitrogen and oxygen atoms in total. The molecular weight excluding hydrogens is 368 g/mol. The van der Waals surface area contributed by atoms with Crippen LogP contribution in [0.4, 0.5) is 11.4 Å².